The van der Waals surface area contributed by atoms with E-state index in [9.17, 15) is 18.0 Å². The largest absolute Gasteiger partial charge is 0.417 e. The van der Waals surface area contributed by atoms with Crippen LogP contribution in [-0.2, 0) is 6.18 Å². The Balaban J connectivity index is 2.59. The minimum Gasteiger partial charge on any atom is -0.396 e. The van der Waals surface area contributed by atoms with E-state index in [0.717, 1.165) is 12.1 Å². The number of hydrogen-bond donors (Lipinski definition) is 2. The molecule has 0 radical (unpaired) electrons. The van der Waals surface area contributed by atoms with E-state index >= 15 is 0 Å². The minimum absolute atomic E-state index is 0.133. The molecule has 0 spiro atoms. The Kier molecular flexibility index (Phi) is 2.93. The molecule has 1 heterocycles. The number of hydrogen-bond acceptors (Lipinski definition) is 3. The zero-order valence-corrected chi connectivity index (χ0v) is 9.48. The molecule has 1 aromatic heterocycles. The number of benzene rings is 1. The molecule has 8 heteroatoms. The zero-order chi connectivity index (χ0) is 14.2. The quantitative estimate of drug-likeness (QED) is 0.868. The van der Waals surface area contributed by atoms with Gasteiger partial charge in [-0.15, -0.1) is 0 Å². The molecule has 0 fully saturated rings. The number of carbonyl (C=O) groups is 1. The molecule has 19 heavy (non-hydrogen) atoms. The maximum Gasteiger partial charge on any atom is 0.417 e. The molecular weight excluding hydrogens is 261 g/mol. The Morgan fingerprint density at radius 1 is 1.32 bits per heavy atom. The van der Waals surface area contributed by atoms with Gasteiger partial charge in [0.1, 0.15) is 0 Å². The fourth-order valence-corrected chi connectivity index (χ4v) is 1.60. The smallest absolute Gasteiger partial charge is 0.396 e. The van der Waals surface area contributed by atoms with Crippen molar-refractivity contribution in [3.05, 3.63) is 41.7 Å². The molecule has 0 unspecified atom stereocenters. The van der Waals surface area contributed by atoms with Crippen molar-refractivity contribution in [1.82, 2.24) is 9.78 Å². The predicted molar refractivity (Wildman–Crippen MR) is 61.5 cm³/mol. The summed E-state index contributed by atoms with van der Waals surface area (Å²) in [6, 6.07) is 3.12. The van der Waals surface area contributed by atoms with Crippen LogP contribution >= 0.6 is 0 Å². The van der Waals surface area contributed by atoms with Crippen molar-refractivity contribution < 1.29 is 18.0 Å². The average molecular weight is 270 g/mol. The van der Waals surface area contributed by atoms with Crippen LogP contribution in [0.1, 0.15) is 15.9 Å². The van der Waals surface area contributed by atoms with Crippen molar-refractivity contribution in [2.75, 3.05) is 5.73 Å². The highest BCUT2D eigenvalue weighted by Crippen LogP contribution is 2.33. The van der Waals surface area contributed by atoms with E-state index in [4.69, 9.17) is 11.5 Å². The fourth-order valence-electron chi connectivity index (χ4n) is 1.60. The average Bonchev–Trinajstić information content (AvgIpc) is 2.74. The van der Waals surface area contributed by atoms with E-state index in [-0.39, 0.29) is 5.69 Å². The molecule has 4 N–H and O–H groups in total. The first kappa shape index (κ1) is 12.9. The summed E-state index contributed by atoms with van der Waals surface area (Å²) in [7, 11) is 0. The van der Waals surface area contributed by atoms with E-state index in [1.807, 2.05) is 0 Å². The van der Waals surface area contributed by atoms with Crippen LogP contribution in [0.2, 0.25) is 0 Å². The zero-order valence-electron chi connectivity index (χ0n) is 9.48. The van der Waals surface area contributed by atoms with Gasteiger partial charge < -0.3 is 11.5 Å². The molecule has 0 aliphatic carbocycles. The van der Waals surface area contributed by atoms with E-state index in [0.29, 0.717) is 5.69 Å². The van der Waals surface area contributed by atoms with Gasteiger partial charge in [0.25, 0.3) is 0 Å². The minimum atomic E-state index is -4.68. The fraction of sp³-hybridized carbons (Fsp3) is 0.0909. The third-order valence-corrected chi connectivity index (χ3v) is 2.44. The molecule has 0 saturated carbocycles. The van der Waals surface area contributed by atoms with Gasteiger partial charge in [-0.2, -0.15) is 18.3 Å². The second kappa shape index (κ2) is 4.30. The van der Waals surface area contributed by atoms with E-state index < -0.39 is 23.2 Å². The highest BCUT2D eigenvalue weighted by molar-refractivity contribution is 5.94. The van der Waals surface area contributed by atoms with Gasteiger partial charge in [-0.25, -0.2) is 4.68 Å². The van der Waals surface area contributed by atoms with Crippen LogP contribution < -0.4 is 11.5 Å². The molecule has 1 amide bonds. The maximum absolute atomic E-state index is 12.8. The van der Waals surface area contributed by atoms with Crippen molar-refractivity contribution in [3.63, 3.8) is 0 Å². The number of nitrogens with zero attached hydrogens (tertiary/aromatic N) is 2. The highest BCUT2D eigenvalue weighted by atomic mass is 19.4. The Hall–Kier alpha value is -2.51. The van der Waals surface area contributed by atoms with Crippen molar-refractivity contribution in [2.45, 2.75) is 6.18 Å². The molecule has 0 saturated heterocycles. The van der Waals surface area contributed by atoms with Crippen LogP contribution in [-0.4, -0.2) is 15.7 Å². The number of halogens is 3. The molecule has 1 aromatic carbocycles. The van der Waals surface area contributed by atoms with Gasteiger partial charge in [-0.1, -0.05) is 0 Å². The summed E-state index contributed by atoms with van der Waals surface area (Å²) in [6.07, 6.45) is -2.02. The number of nitrogens with two attached hydrogens (primary N) is 2. The number of alkyl halides is 3. The summed E-state index contributed by atoms with van der Waals surface area (Å²) in [5.74, 6) is -1.14. The van der Waals surface area contributed by atoms with E-state index in [2.05, 4.69) is 5.10 Å². The van der Waals surface area contributed by atoms with Crippen LogP contribution in [0.25, 0.3) is 5.69 Å². The third-order valence-electron chi connectivity index (χ3n) is 2.44. The summed E-state index contributed by atoms with van der Waals surface area (Å²) in [5.41, 5.74) is 9.12. The van der Waals surface area contributed by atoms with Crippen LogP contribution in [0.4, 0.5) is 18.9 Å². The van der Waals surface area contributed by atoms with Gasteiger partial charge in [0, 0.05) is 0 Å². The molecule has 2 rings (SSSR count). The first-order chi connectivity index (χ1) is 8.79. The van der Waals surface area contributed by atoms with Crippen LogP contribution in [0, 0.1) is 0 Å². The summed E-state index contributed by atoms with van der Waals surface area (Å²) >= 11 is 0. The van der Waals surface area contributed by atoms with Crippen molar-refractivity contribution in [1.29, 1.82) is 0 Å². The number of anilines is 1. The number of aromatic nitrogens is 2. The Bertz CT molecular complexity index is 633. The molecule has 5 nitrogen and oxygen atoms in total. The topological polar surface area (TPSA) is 86.9 Å². The summed E-state index contributed by atoms with van der Waals surface area (Å²) in [4.78, 5) is 11.0. The van der Waals surface area contributed by atoms with Gasteiger partial charge in [0.05, 0.1) is 34.9 Å². The van der Waals surface area contributed by atoms with Crippen molar-refractivity contribution in [2.24, 2.45) is 5.73 Å². The van der Waals surface area contributed by atoms with E-state index in [1.54, 1.807) is 0 Å². The van der Waals surface area contributed by atoms with Crippen LogP contribution in [0.5, 0.6) is 0 Å². The van der Waals surface area contributed by atoms with Crippen molar-refractivity contribution in [3.8, 4) is 5.69 Å². The Labute approximate surface area is 105 Å². The lowest BCUT2D eigenvalue weighted by atomic mass is 10.1. The van der Waals surface area contributed by atoms with Gasteiger partial charge in [0.2, 0.25) is 5.91 Å². The third kappa shape index (κ3) is 2.51. The SMILES string of the molecule is NC(=O)c1ccc(-n2cc(N)cn2)cc1C(F)(F)F. The molecule has 100 valence electrons. The monoisotopic (exact) mass is 270 g/mol. The first-order valence-electron chi connectivity index (χ1n) is 5.10. The van der Waals surface area contributed by atoms with Crippen LogP contribution in [0.3, 0.4) is 0 Å². The lowest BCUT2D eigenvalue weighted by molar-refractivity contribution is -0.137. The van der Waals surface area contributed by atoms with E-state index in [1.165, 1.54) is 23.1 Å². The normalized spacial score (nSPS) is 11.5. The van der Waals surface area contributed by atoms with Crippen LogP contribution in [0.15, 0.2) is 30.6 Å². The lowest BCUT2D eigenvalue weighted by Crippen LogP contribution is -2.19. The van der Waals surface area contributed by atoms with Gasteiger partial charge >= 0.3 is 6.18 Å². The van der Waals surface area contributed by atoms with Crippen molar-refractivity contribution >= 4 is 11.6 Å². The molecule has 0 aliphatic rings. The second-order valence-electron chi connectivity index (χ2n) is 3.81. The van der Waals surface area contributed by atoms with Gasteiger partial charge in [-0.3, -0.25) is 4.79 Å². The number of amides is 1. The Morgan fingerprint density at radius 2 is 2.00 bits per heavy atom. The molecule has 0 aliphatic heterocycles. The molecule has 0 atom stereocenters. The highest BCUT2D eigenvalue weighted by Gasteiger charge is 2.35. The predicted octanol–water partition coefficient (Wildman–Crippen LogP) is 1.57. The maximum atomic E-state index is 12.8. The van der Waals surface area contributed by atoms with Gasteiger partial charge in [-0.05, 0) is 18.2 Å². The molecule has 0 bridgehead atoms. The number of primary amides is 1. The summed E-state index contributed by atoms with van der Waals surface area (Å²) < 4.78 is 39.7. The summed E-state index contributed by atoms with van der Waals surface area (Å²) in [5, 5.41) is 3.79. The first-order valence-corrected chi connectivity index (χ1v) is 5.10. The number of carbonyl (C=O) groups excluding carboxylic acids is 1. The summed E-state index contributed by atoms with van der Waals surface area (Å²) in [6.45, 7) is 0. The molecule has 2 aromatic rings. The molecular formula is C11H9F3N4O. The number of nitrogen functional groups attached to an aromatic ring is 1. The number of rotatable bonds is 2. The Morgan fingerprint density at radius 3 is 2.47 bits per heavy atom. The standard InChI is InChI=1S/C11H9F3N4O/c12-11(13,14)9-3-7(1-2-8(9)10(16)19)18-5-6(15)4-17-18/h1-5H,15H2,(H2,16,19). The second-order valence-corrected chi connectivity index (χ2v) is 3.81. The van der Waals surface area contributed by atoms with Gasteiger partial charge in [0.15, 0.2) is 0 Å². The lowest BCUT2D eigenvalue weighted by Gasteiger charge is -2.12.